The number of nitrogens with two attached hydrogens (primary N) is 1. The van der Waals surface area contributed by atoms with Crippen molar-refractivity contribution in [3.8, 4) is 5.75 Å². The molecule has 2 heterocycles. The fourth-order valence-corrected chi connectivity index (χ4v) is 4.66. The van der Waals surface area contributed by atoms with E-state index in [1.54, 1.807) is 7.11 Å². The monoisotopic (exact) mass is 406 g/mol. The Morgan fingerprint density at radius 2 is 2.00 bits per heavy atom. The van der Waals surface area contributed by atoms with E-state index in [2.05, 4.69) is 46.7 Å². The van der Waals surface area contributed by atoms with E-state index in [-0.39, 0.29) is 5.41 Å². The minimum atomic E-state index is -3.66. The molecule has 8 heteroatoms. The molecule has 0 spiro atoms. The summed E-state index contributed by atoms with van der Waals surface area (Å²) >= 11 is 0. The highest BCUT2D eigenvalue weighted by molar-refractivity contribution is 7.87. The highest BCUT2D eigenvalue weighted by Crippen LogP contribution is 2.38. The van der Waals surface area contributed by atoms with Gasteiger partial charge >= 0.3 is 0 Å². The summed E-state index contributed by atoms with van der Waals surface area (Å²) in [5.41, 5.74) is 3.06. The van der Waals surface area contributed by atoms with Gasteiger partial charge in [0.05, 0.1) is 12.6 Å². The zero-order valence-corrected chi connectivity index (χ0v) is 17.8. The lowest BCUT2D eigenvalue weighted by Gasteiger charge is -2.41. The van der Waals surface area contributed by atoms with Crippen LogP contribution in [0.3, 0.4) is 0 Å². The normalized spacial score (nSPS) is 16.5. The number of nitrogens with one attached hydrogen (secondary N) is 1. The number of anilines is 1. The summed E-state index contributed by atoms with van der Waals surface area (Å²) < 4.78 is 30.4. The maximum atomic E-state index is 11.2. The number of piperidine rings is 1. The van der Waals surface area contributed by atoms with Gasteiger partial charge in [-0.05, 0) is 54.9 Å². The van der Waals surface area contributed by atoms with E-state index in [1.807, 2.05) is 13.1 Å². The standard InChI is InChI=1S/C20H30N4O3S/c1-14-11-17-16(12-19(14)27-4)18(5-8-22-17)24-9-6-15(7-10-24)20(2,3)13-23-28(21,25)26/h5,8,11-12,15,23H,6-7,9-10,13H2,1-4H3,(H2,21,25,26). The molecule has 3 N–H and O–H groups in total. The summed E-state index contributed by atoms with van der Waals surface area (Å²) in [5.74, 6) is 1.29. The van der Waals surface area contributed by atoms with Gasteiger partial charge in [-0.1, -0.05) is 13.8 Å². The fourth-order valence-electron chi connectivity index (χ4n) is 4.09. The molecule has 0 bridgehead atoms. The molecule has 0 aliphatic carbocycles. The third kappa shape index (κ3) is 4.56. The Morgan fingerprint density at radius 1 is 1.32 bits per heavy atom. The lowest BCUT2D eigenvalue weighted by Crippen LogP contribution is -2.45. The van der Waals surface area contributed by atoms with Gasteiger partial charge in [-0.2, -0.15) is 8.42 Å². The van der Waals surface area contributed by atoms with Crippen LogP contribution in [0.4, 0.5) is 5.69 Å². The highest BCUT2D eigenvalue weighted by atomic mass is 32.2. The number of benzene rings is 1. The van der Waals surface area contributed by atoms with E-state index in [0.29, 0.717) is 12.5 Å². The van der Waals surface area contributed by atoms with Crippen molar-refractivity contribution in [2.75, 3.05) is 31.6 Å². The van der Waals surface area contributed by atoms with Gasteiger partial charge < -0.3 is 9.64 Å². The number of hydrogen-bond acceptors (Lipinski definition) is 5. The molecule has 1 aromatic heterocycles. The fraction of sp³-hybridized carbons (Fsp3) is 0.550. The summed E-state index contributed by atoms with van der Waals surface area (Å²) in [6.45, 7) is 8.40. The minimum Gasteiger partial charge on any atom is -0.496 e. The van der Waals surface area contributed by atoms with Crippen molar-refractivity contribution in [2.24, 2.45) is 16.5 Å². The summed E-state index contributed by atoms with van der Waals surface area (Å²) in [4.78, 5) is 6.90. The molecule has 1 saturated heterocycles. The lowest BCUT2D eigenvalue weighted by atomic mass is 9.73. The second-order valence-electron chi connectivity index (χ2n) is 8.29. The molecule has 28 heavy (non-hydrogen) atoms. The SMILES string of the molecule is COc1cc2c(N3CCC(C(C)(C)CNS(N)(=O)=O)CC3)ccnc2cc1C. The first-order chi connectivity index (χ1) is 13.1. The topological polar surface area (TPSA) is 97.5 Å². The first kappa shape index (κ1) is 20.8. The Labute approximate surface area is 167 Å². The molecule has 0 amide bonds. The molecule has 1 aliphatic rings. The number of pyridine rings is 1. The van der Waals surface area contributed by atoms with Gasteiger partial charge in [0.25, 0.3) is 10.2 Å². The molecular formula is C20H30N4O3S. The molecule has 0 saturated carbocycles. The summed E-state index contributed by atoms with van der Waals surface area (Å²) in [6, 6.07) is 6.19. The molecule has 1 fully saturated rings. The zero-order chi connectivity index (χ0) is 20.5. The minimum absolute atomic E-state index is 0.154. The van der Waals surface area contributed by atoms with Gasteiger partial charge in [-0.3, -0.25) is 4.98 Å². The molecule has 2 aromatic rings. The molecule has 0 unspecified atom stereocenters. The zero-order valence-electron chi connectivity index (χ0n) is 17.0. The van der Waals surface area contributed by atoms with E-state index in [9.17, 15) is 8.42 Å². The Hall–Kier alpha value is -1.90. The van der Waals surface area contributed by atoms with E-state index < -0.39 is 10.2 Å². The Morgan fingerprint density at radius 3 is 2.61 bits per heavy atom. The summed E-state index contributed by atoms with van der Waals surface area (Å²) in [7, 11) is -1.98. The predicted molar refractivity (Wildman–Crippen MR) is 113 cm³/mol. The van der Waals surface area contributed by atoms with Crippen LogP contribution in [0.25, 0.3) is 10.9 Å². The van der Waals surface area contributed by atoms with Crippen LogP contribution in [0.5, 0.6) is 5.75 Å². The molecule has 7 nitrogen and oxygen atoms in total. The quantitative estimate of drug-likeness (QED) is 0.768. The average molecular weight is 407 g/mol. The third-order valence-corrected chi connectivity index (χ3v) is 6.45. The number of hydrogen-bond donors (Lipinski definition) is 2. The maximum Gasteiger partial charge on any atom is 0.274 e. The smallest absolute Gasteiger partial charge is 0.274 e. The number of nitrogens with zero attached hydrogens (tertiary/aromatic N) is 2. The van der Waals surface area contributed by atoms with Crippen molar-refractivity contribution in [1.29, 1.82) is 0 Å². The Balaban J connectivity index is 1.76. The van der Waals surface area contributed by atoms with Crippen LogP contribution >= 0.6 is 0 Å². The molecule has 3 rings (SSSR count). The van der Waals surface area contributed by atoms with Gasteiger partial charge in [-0.25, -0.2) is 9.86 Å². The van der Waals surface area contributed by atoms with Crippen molar-refractivity contribution < 1.29 is 13.2 Å². The van der Waals surface area contributed by atoms with Crippen LogP contribution in [-0.4, -0.2) is 40.1 Å². The van der Waals surface area contributed by atoms with Gasteiger partial charge in [0, 0.05) is 36.9 Å². The first-order valence-electron chi connectivity index (χ1n) is 9.56. The van der Waals surface area contributed by atoms with Crippen LogP contribution in [0.1, 0.15) is 32.3 Å². The highest BCUT2D eigenvalue weighted by Gasteiger charge is 2.33. The molecular weight excluding hydrogens is 376 g/mol. The van der Waals surface area contributed by atoms with Gasteiger partial charge in [-0.15, -0.1) is 0 Å². The van der Waals surface area contributed by atoms with Gasteiger partial charge in [0.2, 0.25) is 0 Å². The molecule has 1 aromatic carbocycles. The third-order valence-electron chi connectivity index (χ3n) is 5.90. The van der Waals surface area contributed by atoms with Gasteiger partial charge in [0.1, 0.15) is 5.75 Å². The van der Waals surface area contributed by atoms with E-state index in [4.69, 9.17) is 9.88 Å². The second-order valence-corrected chi connectivity index (χ2v) is 9.66. The average Bonchev–Trinajstić information content (AvgIpc) is 2.65. The number of methoxy groups -OCH3 is 1. The van der Waals surface area contributed by atoms with Crippen molar-refractivity contribution in [3.05, 3.63) is 30.0 Å². The molecule has 0 atom stereocenters. The largest absolute Gasteiger partial charge is 0.496 e. The van der Waals surface area contributed by atoms with Crippen molar-refractivity contribution in [2.45, 2.75) is 33.6 Å². The van der Waals surface area contributed by atoms with E-state index >= 15 is 0 Å². The van der Waals surface area contributed by atoms with E-state index in [1.165, 1.54) is 5.69 Å². The van der Waals surface area contributed by atoms with Crippen LogP contribution in [0.2, 0.25) is 0 Å². The summed E-state index contributed by atoms with van der Waals surface area (Å²) in [6.07, 6.45) is 3.84. The maximum absolute atomic E-state index is 11.2. The molecule has 1 aliphatic heterocycles. The Kier molecular flexibility index (Phi) is 5.84. The van der Waals surface area contributed by atoms with Crippen LogP contribution in [-0.2, 0) is 10.2 Å². The van der Waals surface area contributed by atoms with Gasteiger partial charge in [0.15, 0.2) is 0 Å². The van der Waals surface area contributed by atoms with Crippen molar-refractivity contribution in [3.63, 3.8) is 0 Å². The number of aromatic nitrogens is 1. The number of ether oxygens (including phenoxy) is 1. The van der Waals surface area contributed by atoms with Crippen molar-refractivity contribution >= 4 is 26.8 Å². The Bertz CT molecular complexity index is 951. The molecule has 154 valence electrons. The predicted octanol–water partition coefficient (Wildman–Crippen LogP) is 2.59. The number of fused-ring (bicyclic) bond motifs is 1. The van der Waals surface area contributed by atoms with Crippen molar-refractivity contribution in [1.82, 2.24) is 9.71 Å². The molecule has 0 radical (unpaired) electrons. The van der Waals surface area contributed by atoms with Crippen LogP contribution in [0, 0.1) is 18.3 Å². The van der Waals surface area contributed by atoms with Crippen LogP contribution < -0.4 is 19.5 Å². The second kappa shape index (κ2) is 7.85. The van der Waals surface area contributed by atoms with E-state index in [0.717, 1.165) is 48.1 Å². The first-order valence-corrected chi connectivity index (χ1v) is 11.1. The van der Waals surface area contributed by atoms with Crippen LogP contribution in [0.15, 0.2) is 24.4 Å². The number of rotatable bonds is 6. The summed E-state index contributed by atoms with van der Waals surface area (Å²) in [5, 5.41) is 6.19. The number of aryl methyl sites for hydroxylation is 1. The lowest BCUT2D eigenvalue weighted by molar-refractivity contribution is 0.179.